The molecule has 0 aromatic carbocycles. The first-order valence-electron chi connectivity index (χ1n) is 6.43. The number of rotatable bonds is 4. The fourth-order valence-electron chi connectivity index (χ4n) is 2.34. The van der Waals surface area contributed by atoms with E-state index in [1.54, 1.807) is 6.92 Å². The number of hydrogen-bond donors (Lipinski definition) is 2. The highest BCUT2D eigenvalue weighted by Gasteiger charge is 2.45. The molecule has 0 aromatic rings. The van der Waals surface area contributed by atoms with E-state index in [0.717, 1.165) is 4.90 Å². The number of amides is 4. The predicted octanol–water partition coefficient (Wildman–Crippen LogP) is -1.37. The topological polar surface area (TPSA) is 116 Å². The van der Waals surface area contributed by atoms with Crippen LogP contribution in [0.1, 0.15) is 13.3 Å². The van der Waals surface area contributed by atoms with E-state index in [1.807, 2.05) is 0 Å². The number of nitrogens with zero attached hydrogens (tertiary/aromatic N) is 2. The molecular formula is C12H17N3O6. The zero-order valence-electron chi connectivity index (χ0n) is 11.8. The molecule has 0 aliphatic carbocycles. The number of likely N-dealkylation sites (tertiary alicyclic amines) is 2. The van der Waals surface area contributed by atoms with Gasteiger partial charge in [-0.05, 0) is 6.92 Å². The third-order valence-corrected chi connectivity index (χ3v) is 3.56. The van der Waals surface area contributed by atoms with Gasteiger partial charge in [0.05, 0.1) is 19.5 Å². The molecule has 0 spiro atoms. The first-order valence-corrected chi connectivity index (χ1v) is 6.43. The van der Waals surface area contributed by atoms with Crippen molar-refractivity contribution in [2.45, 2.75) is 25.0 Å². The lowest BCUT2D eigenvalue weighted by Crippen LogP contribution is -2.66. The quantitative estimate of drug-likeness (QED) is 0.619. The number of ether oxygens (including phenoxy) is 1. The third kappa shape index (κ3) is 3.13. The Labute approximate surface area is 120 Å². The third-order valence-electron chi connectivity index (χ3n) is 3.56. The Bertz CT molecular complexity index is 499. The van der Waals surface area contributed by atoms with Crippen molar-refractivity contribution in [3.8, 4) is 0 Å². The van der Waals surface area contributed by atoms with Crippen molar-refractivity contribution >= 4 is 23.8 Å². The Morgan fingerprint density at radius 1 is 1.43 bits per heavy atom. The standard InChI is InChI=1S/C12H17N3O6/c1-12(21-4-9(17)18)5-15(6-12)11(20)13-7-3-8(16)14(2)10(7)19/h7H,3-6H2,1-2H3,(H,13,20)(H,17,18). The molecule has 21 heavy (non-hydrogen) atoms. The van der Waals surface area contributed by atoms with Crippen LogP contribution in [0.15, 0.2) is 0 Å². The van der Waals surface area contributed by atoms with E-state index in [2.05, 4.69) is 5.32 Å². The summed E-state index contributed by atoms with van der Waals surface area (Å²) in [5.41, 5.74) is -0.692. The van der Waals surface area contributed by atoms with Gasteiger partial charge in [0.25, 0.3) is 5.91 Å². The largest absolute Gasteiger partial charge is 0.480 e. The highest BCUT2D eigenvalue weighted by Crippen LogP contribution is 2.25. The van der Waals surface area contributed by atoms with Crippen molar-refractivity contribution in [3.63, 3.8) is 0 Å². The molecule has 2 N–H and O–H groups in total. The van der Waals surface area contributed by atoms with Crippen LogP contribution in [0.3, 0.4) is 0 Å². The monoisotopic (exact) mass is 299 g/mol. The van der Waals surface area contributed by atoms with Crippen molar-refractivity contribution < 1.29 is 29.0 Å². The minimum Gasteiger partial charge on any atom is -0.480 e. The molecule has 116 valence electrons. The van der Waals surface area contributed by atoms with Crippen LogP contribution in [-0.4, -0.2) is 77.1 Å². The molecule has 0 saturated carbocycles. The minimum atomic E-state index is -1.07. The van der Waals surface area contributed by atoms with E-state index in [4.69, 9.17) is 9.84 Å². The zero-order valence-corrected chi connectivity index (χ0v) is 11.8. The average Bonchev–Trinajstić information content (AvgIpc) is 2.60. The zero-order chi connectivity index (χ0) is 15.8. The van der Waals surface area contributed by atoms with Gasteiger partial charge < -0.3 is 20.1 Å². The van der Waals surface area contributed by atoms with Crippen LogP contribution in [0.5, 0.6) is 0 Å². The highest BCUT2D eigenvalue weighted by atomic mass is 16.5. The van der Waals surface area contributed by atoms with Crippen LogP contribution in [0.4, 0.5) is 4.79 Å². The van der Waals surface area contributed by atoms with Gasteiger partial charge in [-0.2, -0.15) is 0 Å². The van der Waals surface area contributed by atoms with Gasteiger partial charge in [0.1, 0.15) is 18.2 Å². The van der Waals surface area contributed by atoms with Crippen molar-refractivity contribution in [1.82, 2.24) is 15.1 Å². The number of urea groups is 1. The summed E-state index contributed by atoms with van der Waals surface area (Å²) in [4.78, 5) is 47.8. The van der Waals surface area contributed by atoms with Gasteiger partial charge in [0.2, 0.25) is 5.91 Å². The van der Waals surface area contributed by atoms with Crippen LogP contribution in [0.2, 0.25) is 0 Å². The molecule has 0 bridgehead atoms. The molecule has 1 atom stereocenters. The lowest BCUT2D eigenvalue weighted by molar-refractivity contribution is -0.159. The van der Waals surface area contributed by atoms with Crippen molar-refractivity contribution in [1.29, 1.82) is 0 Å². The van der Waals surface area contributed by atoms with E-state index in [9.17, 15) is 19.2 Å². The maximum atomic E-state index is 11.9. The molecule has 2 rings (SSSR count). The molecule has 9 nitrogen and oxygen atoms in total. The molecule has 2 heterocycles. The van der Waals surface area contributed by atoms with Crippen molar-refractivity contribution in [3.05, 3.63) is 0 Å². The van der Waals surface area contributed by atoms with Gasteiger partial charge in [-0.25, -0.2) is 9.59 Å². The van der Waals surface area contributed by atoms with Gasteiger partial charge in [-0.3, -0.25) is 14.5 Å². The maximum absolute atomic E-state index is 11.9. The SMILES string of the molecule is CN1C(=O)CC(NC(=O)N2CC(C)(OCC(=O)O)C2)C1=O. The Morgan fingerprint density at radius 3 is 2.52 bits per heavy atom. The van der Waals surface area contributed by atoms with E-state index >= 15 is 0 Å². The van der Waals surface area contributed by atoms with Gasteiger partial charge in [0, 0.05) is 7.05 Å². The Morgan fingerprint density at radius 2 is 2.05 bits per heavy atom. The Hall–Kier alpha value is -2.16. The fourth-order valence-corrected chi connectivity index (χ4v) is 2.34. The number of nitrogens with one attached hydrogen (secondary N) is 1. The Kier molecular flexibility index (Phi) is 3.86. The molecule has 2 fully saturated rings. The number of likely N-dealkylation sites (N-methyl/N-ethyl adjacent to an activating group) is 1. The van der Waals surface area contributed by atoms with Gasteiger partial charge in [-0.1, -0.05) is 0 Å². The van der Waals surface area contributed by atoms with E-state index in [0.29, 0.717) is 0 Å². The van der Waals surface area contributed by atoms with E-state index < -0.39 is 36.2 Å². The predicted molar refractivity (Wildman–Crippen MR) is 68.3 cm³/mol. The fraction of sp³-hybridized carbons (Fsp3) is 0.667. The number of carboxylic acid groups (broad SMARTS) is 1. The van der Waals surface area contributed by atoms with E-state index in [-0.39, 0.29) is 25.4 Å². The van der Waals surface area contributed by atoms with Gasteiger partial charge >= 0.3 is 12.0 Å². The summed E-state index contributed by atoms with van der Waals surface area (Å²) in [6, 6.07) is -1.30. The molecule has 2 saturated heterocycles. The number of carbonyl (C=O) groups excluding carboxylic acids is 3. The number of carbonyl (C=O) groups is 4. The second-order valence-corrected chi connectivity index (χ2v) is 5.49. The molecule has 2 aliphatic rings. The molecule has 2 aliphatic heterocycles. The van der Waals surface area contributed by atoms with Crippen LogP contribution < -0.4 is 5.32 Å². The highest BCUT2D eigenvalue weighted by molar-refractivity contribution is 6.06. The summed E-state index contributed by atoms with van der Waals surface area (Å²) < 4.78 is 5.18. The summed E-state index contributed by atoms with van der Waals surface area (Å²) >= 11 is 0. The smallest absolute Gasteiger partial charge is 0.329 e. The van der Waals surface area contributed by atoms with Crippen molar-refractivity contribution in [2.75, 3.05) is 26.7 Å². The second kappa shape index (κ2) is 5.32. The van der Waals surface area contributed by atoms with E-state index in [1.165, 1.54) is 11.9 Å². The minimum absolute atomic E-state index is 0.0400. The van der Waals surface area contributed by atoms with Gasteiger partial charge in [0.15, 0.2) is 0 Å². The summed E-state index contributed by atoms with van der Waals surface area (Å²) in [6.45, 7) is 1.75. The molecule has 0 aromatic heterocycles. The summed E-state index contributed by atoms with van der Waals surface area (Å²) in [7, 11) is 1.37. The first-order chi connectivity index (χ1) is 9.72. The summed E-state index contributed by atoms with van der Waals surface area (Å²) in [5.74, 6) is -1.83. The first kappa shape index (κ1) is 15.2. The number of aliphatic carboxylic acids is 1. The average molecular weight is 299 g/mol. The molecular weight excluding hydrogens is 282 g/mol. The molecule has 4 amide bonds. The van der Waals surface area contributed by atoms with Crippen LogP contribution >= 0.6 is 0 Å². The normalized spacial score (nSPS) is 24.0. The summed E-state index contributed by atoms with van der Waals surface area (Å²) in [6.07, 6.45) is -0.0400. The molecule has 1 unspecified atom stereocenters. The second-order valence-electron chi connectivity index (χ2n) is 5.49. The number of hydrogen-bond acceptors (Lipinski definition) is 5. The lowest BCUT2D eigenvalue weighted by atomic mass is 9.97. The molecule has 0 radical (unpaired) electrons. The number of imide groups is 1. The number of carboxylic acids is 1. The van der Waals surface area contributed by atoms with Crippen molar-refractivity contribution in [2.24, 2.45) is 0 Å². The maximum Gasteiger partial charge on any atom is 0.329 e. The van der Waals surface area contributed by atoms with Crippen LogP contribution in [-0.2, 0) is 19.1 Å². The van der Waals surface area contributed by atoms with Crippen LogP contribution in [0.25, 0.3) is 0 Å². The van der Waals surface area contributed by atoms with Gasteiger partial charge in [-0.15, -0.1) is 0 Å². The molecule has 9 heteroatoms. The summed E-state index contributed by atoms with van der Waals surface area (Å²) in [5, 5.41) is 11.0. The Balaban J connectivity index is 1.80. The lowest BCUT2D eigenvalue weighted by Gasteiger charge is -2.47. The van der Waals surface area contributed by atoms with Crippen LogP contribution in [0, 0.1) is 0 Å².